The number of thiophene rings is 1. The van der Waals surface area contributed by atoms with Crippen molar-refractivity contribution in [2.45, 2.75) is 6.18 Å². The van der Waals surface area contributed by atoms with E-state index in [1.54, 1.807) is 24.4 Å². The minimum Gasteiger partial charge on any atom is -0.465 e. The summed E-state index contributed by atoms with van der Waals surface area (Å²) in [6, 6.07) is 1.51. The molecule has 0 bridgehead atoms. The SMILES string of the molecule is COC(=O)c1sccc1NC(=C\C(=O)C(F)(F)F)/C=C/N(C)C. The summed E-state index contributed by atoms with van der Waals surface area (Å²) in [5.74, 6) is -2.63. The number of ether oxygens (including phenoxy) is 1. The summed E-state index contributed by atoms with van der Waals surface area (Å²) in [6.07, 6.45) is -1.79. The summed E-state index contributed by atoms with van der Waals surface area (Å²) in [4.78, 5) is 24.5. The van der Waals surface area contributed by atoms with Gasteiger partial charge in [0.2, 0.25) is 0 Å². The van der Waals surface area contributed by atoms with Gasteiger partial charge in [-0.25, -0.2) is 4.79 Å². The van der Waals surface area contributed by atoms with Crippen LogP contribution in [0, 0.1) is 0 Å². The maximum absolute atomic E-state index is 12.4. The lowest BCUT2D eigenvalue weighted by Gasteiger charge is -2.10. The molecule has 0 atom stereocenters. The van der Waals surface area contributed by atoms with E-state index in [1.165, 1.54) is 25.5 Å². The molecule has 0 saturated heterocycles. The van der Waals surface area contributed by atoms with Crippen LogP contribution in [0.15, 0.2) is 35.5 Å². The van der Waals surface area contributed by atoms with Crippen molar-refractivity contribution >= 4 is 28.8 Å². The van der Waals surface area contributed by atoms with Gasteiger partial charge in [-0.2, -0.15) is 13.2 Å². The van der Waals surface area contributed by atoms with Crippen molar-refractivity contribution in [3.63, 3.8) is 0 Å². The predicted octanol–water partition coefficient (Wildman–Crippen LogP) is 3.04. The zero-order valence-electron chi connectivity index (χ0n) is 12.6. The third kappa shape index (κ3) is 5.78. The lowest BCUT2D eigenvalue weighted by molar-refractivity contribution is -0.165. The van der Waals surface area contributed by atoms with Gasteiger partial charge in [-0.15, -0.1) is 11.3 Å². The molecule has 5 nitrogen and oxygen atoms in total. The Bertz CT molecular complexity index is 633. The van der Waals surface area contributed by atoms with Crippen LogP contribution >= 0.6 is 11.3 Å². The quantitative estimate of drug-likeness (QED) is 0.486. The number of alkyl halides is 3. The van der Waals surface area contributed by atoms with Crippen molar-refractivity contribution in [3.8, 4) is 0 Å². The molecule has 0 radical (unpaired) electrons. The van der Waals surface area contributed by atoms with Gasteiger partial charge in [-0.1, -0.05) is 0 Å². The average Bonchev–Trinajstić information content (AvgIpc) is 2.90. The van der Waals surface area contributed by atoms with Crippen LogP contribution in [0.4, 0.5) is 18.9 Å². The van der Waals surface area contributed by atoms with Gasteiger partial charge in [-0.3, -0.25) is 4.79 Å². The zero-order chi connectivity index (χ0) is 17.6. The number of nitrogens with zero attached hydrogens (tertiary/aromatic N) is 1. The van der Waals surface area contributed by atoms with Crippen LogP contribution in [0.1, 0.15) is 9.67 Å². The average molecular weight is 348 g/mol. The van der Waals surface area contributed by atoms with Crippen LogP contribution in [0.3, 0.4) is 0 Å². The van der Waals surface area contributed by atoms with Gasteiger partial charge in [-0.05, 0) is 17.5 Å². The predicted molar refractivity (Wildman–Crippen MR) is 81.3 cm³/mol. The highest BCUT2D eigenvalue weighted by molar-refractivity contribution is 7.12. The largest absolute Gasteiger partial charge is 0.465 e. The second-order valence-corrected chi connectivity index (χ2v) is 5.44. The third-order valence-electron chi connectivity index (χ3n) is 2.43. The Morgan fingerprint density at radius 2 is 2.00 bits per heavy atom. The second-order valence-electron chi connectivity index (χ2n) is 4.52. The first-order valence-corrected chi connectivity index (χ1v) is 7.13. The molecule has 1 N–H and O–H groups in total. The van der Waals surface area contributed by atoms with Crippen LogP contribution < -0.4 is 5.32 Å². The molecule has 0 aliphatic heterocycles. The molecule has 0 fully saturated rings. The Kier molecular flexibility index (Phi) is 6.38. The minimum atomic E-state index is -4.97. The number of carbonyl (C=O) groups is 2. The summed E-state index contributed by atoms with van der Waals surface area (Å²) in [5.41, 5.74) is 0.149. The highest BCUT2D eigenvalue weighted by atomic mass is 32.1. The van der Waals surface area contributed by atoms with Crippen LogP contribution in [-0.4, -0.2) is 44.0 Å². The van der Waals surface area contributed by atoms with Gasteiger partial charge in [0.15, 0.2) is 0 Å². The number of ketones is 1. The van der Waals surface area contributed by atoms with E-state index in [4.69, 9.17) is 0 Å². The zero-order valence-corrected chi connectivity index (χ0v) is 13.4. The van der Waals surface area contributed by atoms with E-state index < -0.39 is 17.9 Å². The number of hydrogen-bond donors (Lipinski definition) is 1. The molecule has 23 heavy (non-hydrogen) atoms. The van der Waals surface area contributed by atoms with Gasteiger partial charge in [0.1, 0.15) is 4.88 Å². The van der Waals surface area contributed by atoms with Gasteiger partial charge in [0, 0.05) is 32.1 Å². The summed E-state index contributed by atoms with van der Waals surface area (Å²) in [5, 5.41) is 4.21. The number of carbonyl (C=O) groups excluding carboxylic acids is 2. The van der Waals surface area contributed by atoms with E-state index in [0.29, 0.717) is 6.08 Å². The Hall–Kier alpha value is -2.29. The van der Waals surface area contributed by atoms with E-state index in [-0.39, 0.29) is 16.3 Å². The Balaban J connectivity index is 3.12. The van der Waals surface area contributed by atoms with Crippen molar-refractivity contribution < 1.29 is 27.5 Å². The maximum Gasteiger partial charge on any atom is 0.454 e. The van der Waals surface area contributed by atoms with Gasteiger partial charge in [0.05, 0.1) is 12.8 Å². The van der Waals surface area contributed by atoms with Crippen molar-refractivity contribution in [1.29, 1.82) is 0 Å². The number of nitrogens with one attached hydrogen (secondary N) is 1. The smallest absolute Gasteiger partial charge is 0.454 e. The summed E-state index contributed by atoms with van der Waals surface area (Å²) in [7, 11) is 4.54. The van der Waals surface area contributed by atoms with Crippen molar-refractivity contribution in [2.24, 2.45) is 0 Å². The summed E-state index contributed by atoms with van der Waals surface area (Å²) < 4.78 is 41.9. The van der Waals surface area contributed by atoms with Gasteiger partial charge in [0.25, 0.3) is 5.78 Å². The number of methoxy groups -OCH3 is 1. The molecule has 0 saturated carbocycles. The molecule has 1 rings (SSSR count). The normalized spacial score (nSPS) is 12.3. The topological polar surface area (TPSA) is 58.6 Å². The molecule has 0 aliphatic rings. The Morgan fingerprint density at radius 1 is 1.35 bits per heavy atom. The standard InChI is InChI=1S/C14H15F3N2O3S/c1-19(2)6-4-9(8-11(20)14(15,16)17)18-10-5-7-23-12(10)13(21)22-3/h4-8,18H,1-3H3/b6-4+,9-8-. The molecule has 0 unspecified atom stereocenters. The first-order valence-electron chi connectivity index (χ1n) is 6.25. The molecule has 0 spiro atoms. The summed E-state index contributed by atoms with van der Waals surface area (Å²) in [6.45, 7) is 0. The molecule has 0 amide bonds. The van der Waals surface area contributed by atoms with Crippen LogP contribution in [-0.2, 0) is 9.53 Å². The fraction of sp³-hybridized carbons (Fsp3) is 0.286. The lowest BCUT2D eigenvalue weighted by Crippen LogP contribution is -2.21. The molecule has 9 heteroatoms. The van der Waals surface area contributed by atoms with E-state index in [2.05, 4.69) is 10.1 Å². The fourth-order valence-electron chi connectivity index (χ4n) is 1.39. The van der Waals surface area contributed by atoms with Crippen molar-refractivity contribution in [1.82, 2.24) is 4.90 Å². The highest BCUT2D eigenvalue weighted by Gasteiger charge is 2.36. The number of halogens is 3. The first-order chi connectivity index (χ1) is 10.6. The molecule has 1 aromatic rings. The third-order valence-corrected chi connectivity index (χ3v) is 3.33. The van der Waals surface area contributed by atoms with Gasteiger partial charge < -0.3 is 15.0 Å². The van der Waals surface area contributed by atoms with Crippen LogP contribution in [0.5, 0.6) is 0 Å². The Labute approximate surface area is 135 Å². The second kappa shape index (κ2) is 7.82. The van der Waals surface area contributed by atoms with Crippen LogP contribution in [0.2, 0.25) is 0 Å². The van der Waals surface area contributed by atoms with Crippen LogP contribution in [0.25, 0.3) is 0 Å². The molecule has 1 aromatic heterocycles. The molecule has 1 heterocycles. The van der Waals surface area contributed by atoms with Gasteiger partial charge >= 0.3 is 12.1 Å². The number of esters is 1. The molecule has 0 aromatic carbocycles. The Morgan fingerprint density at radius 3 is 2.52 bits per heavy atom. The summed E-state index contributed by atoms with van der Waals surface area (Å²) >= 11 is 1.07. The number of rotatable bonds is 6. The first kappa shape index (κ1) is 18.8. The van der Waals surface area contributed by atoms with E-state index in [1.807, 2.05) is 0 Å². The van der Waals surface area contributed by atoms with Crippen molar-refractivity contribution in [2.75, 3.05) is 26.5 Å². The minimum absolute atomic E-state index is 0.107. The highest BCUT2D eigenvalue weighted by Crippen LogP contribution is 2.25. The number of allylic oxidation sites excluding steroid dienone is 2. The fourth-order valence-corrected chi connectivity index (χ4v) is 2.16. The number of hydrogen-bond acceptors (Lipinski definition) is 6. The van der Waals surface area contributed by atoms with E-state index in [0.717, 1.165) is 11.3 Å². The van der Waals surface area contributed by atoms with E-state index >= 15 is 0 Å². The molecular weight excluding hydrogens is 333 g/mol. The maximum atomic E-state index is 12.4. The number of anilines is 1. The molecule has 0 aliphatic carbocycles. The molecular formula is C14H15F3N2O3S. The monoisotopic (exact) mass is 348 g/mol. The van der Waals surface area contributed by atoms with Crippen molar-refractivity contribution in [3.05, 3.63) is 40.4 Å². The van der Waals surface area contributed by atoms with E-state index in [9.17, 15) is 22.8 Å². The lowest BCUT2D eigenvalue weighted by atomic mass is 10.2. The molecule has 126 valence electrons.